The number of hydrogen-bond donors (Lipinski definition) is 0. The number of carbonyl (C=O) groups excluding carboxylic acids is 2. The van der Waals surface area contributed by atoms with Crippen LogP contribution in [0.5, 0.6) is 0 Å². The molecule has 0 aliphatic rings. The molecule has 0 rings (SSSR count). The SMILES string of the molecule is CCCOP(=O)(OC)OC[C@H](COC(C)=O)OCCCC(C)=O. The first kappa shape index (κ1) is 22.2. The van der Waals surface area contributed by atoms with E-state index < -0.39 is 19.9 Å². The summed E-state index contributed by atoms with van der Waals surface area (Å²) < 4.78 is 37.5. The van der Waals surface area contributed by atoms with Crippen LogP contribution in [0.4, 0.5) is 0 Å². The molecule has 9 heteroatoms. The highest BCUT2D eigenvalue weighted by molar-refractivity contribution is 7.48. The Morgan fingerprint density at radius 3 is 2.30 bits per heavy atom. The predicted molar refractivity (Wildman–Crippen MR) is 83.1 cm³/mol. The summed E-state index contributed by atoms with van der Waals surface area (Å²) in [7, 11) is -2.42. The van der Waals surface area contributed by atoms with Crippen LogP contribution < -0.4 is 0 Å². The second-order valence-corrected chi connectivity index (χ2v) is 6.64. The Labute approximate surface area is 137 Å². The van der Waals surface area contributed by atoms with E-state index in [1.54, 1.807) is 0 Å². The van der Waals surface area contributed by atoms with Crippen LogP contribution >= 0.6 is 7.82 Å². The van der Waals surface area contributed by atoms with Gasteiger partial charge in [0.2, 0.25) is 0 Å². The number of ketones is 1. The van der Waals surface area contributed by atoms with Gasteiger partial charge in [0.05, 0.1) is 13.2 Å². The maximum Gasteiger partial charge on any atom is 0.474 e. The normalized spacial score (nSPS) is 15.0. The van der Waals surface area contributed by atoms with Crippen molar-refractivity contribution >= 4 is 19.6 Å². The third-order valence-corrected chi connectivity index (χ3v) is 4.01. The third kappa shape index (κ3) is 12.3. The van der Waals surface area contributed by atoms with Crippen molar-refractivity contribution in [2.75, 3.05) is 33.5 Å². The van der Waals surface area contributed by atoms with E-state index in [0.717, 1.165) is 0 Å². The average molecular weight is 354 g/mol. The summed E-state index contributed by atoms with van der Waals surface area (Å²) in [5.41, 5.74) is 0. The Morgan fingerprint density at radius 1 is 1.09 bits per heavy atom. The van der Waals surface area contributed by atoms with E-state index in [4.69, 9.17) is 23.0 Å². The molecule has 0 aromatic carbocycles. The summed E-state index contributed by atoms with van der Waals surface area (Å²) >= 11 is 0. The van der Waals surface area contributed by atoms with Gasteiger partial charge in [-0.3, -0.25) is 18.4 Å². The Balaban J connectivity index is 4.39. The molecule has 23 heavy (non-hydrogen) atoms. The molecular formula is C14H27O8P. The van der Waals surface area contributed by atoms with Crippen molar-refractivity contribution in [1.29, 1.82) is 0 Å². The van der Waals surface area contributed by atoms with Gasteiger partial charge in [-0.2, -0.15) is 0 Å². The van der Waals surface area contributed by atoms with Crippen LogP contribution in [0.2, 0.25) is 0 Å². The van der Waals surface area contributed by atoms with E-state index in [1.165, 1.54) is 21.0 Å². The molecule has 0 saturated heterocycles. The number of phosphoric acid groups is 1. The molecule has 8 nitrogen and oxygen atoms in total. The molecule has 0 N–H and O–H groups in total. The maximum absolute atomic E-state index is 12.1. The fraction of sp³-hybridized carbons (Fsp3) is 0.857. The molecule has 0 heterocycles. The standard InChI is InChI=1S/C14H27O8P/c1-5-8-21-23(17,18-4)22-11-14(10-20-13(3)16)19-9-6-7-12(2)15/h14H,5-11H2,1-4H3/t14-,23?/m0/s1. The average Bonchev–Trinajstić information content (AvgIpc) is 2.50. The summed E-state index contributed by atoms with van der Waals surface area (Å²) in [6, 6.07) is 0. The summed E-state index contributed by atoms with van der Waals surface area (Å²) in [6.45, 7) is 5.00. The van der Waals surface area contributed by atoms with Gasteiger partial charge < -0.3 is 14.3 Å². The lowest BCUT2D eigenvalue weighted by molar-refractivity contribution is -0.146. The van der Waals surface area contributed by atoms with Crippen molar-refractivity contribution in [3.8, 4) is 0 Å². The molecule has 0 bridgehead atoms. The lowest BCUT2D eigenvalue weighted by Crippen LogP contribution is -2.27. The predicted octanol–water partition coefficient (Wildman–Crippen LogP) is 2.50. The van der Waals surface area contributed by atoms with Crippen molar-refractivity contribution in [1.82, 2.24) is 0 Å². The largest absolute Gasteiger partial charge is 0.474 e. The van der Waals surface area contributed by atoms with Crippen molar-refractivity contribution in [2.24, 2.45) is 0 Å². The Bertz CT molecular complexity index is 398. The van der Waals surface area contributed by atoms with Crippen molar-refractivity contribution in [2.45, 2.75) is 46.1 Å². The van der Waals surface area contributed by atoms with Crippen LogP contribution in [0.3, 0.4) is 0 Å². The number of rotatable bonds is 14. The minimum absolute atomic E-state index is 0.0487. The van der Waals surface area contributed by atoms with E-state index in [2.05, 4.69) is 0 Å². The lowest BCUT2D eigenvalue weighted by Gasteiger charge is -2.21. The number of Topliss-reactive ketones (excluding diaryl/α,β-unsaturated/α-hetero) is 1. The first-order chi connectivity index (χ1) is 10.8. The zero-order chi connectivity index (χ0) is 17.7. The highest BCUT2D eigenvalue weighted by atomic mass is 31.2. The molecular weight excluding hydrogens is 327 g/mol. The molecule has 0 aliphatic heterocycles. The number of esters is 1. The molecule has 0 aliphatic carbocycles. The number of hydrogen-bond acceptors (Lipinski definition) is 8. The zero-order valence-electron chi connectivity index (χ0n) is 14.2. The minimum atomic E-state index is -3.65. The summed E-state index contributed by atoms with van der Waals surface area (Å²) in [5, 5.41) is 0. The van der Waals surface area contributed by atoms with E-state index >= 15 is 0 Å². The van der Waals surface area contributed by atoms with Crippen LogP contribution in [-0.4, -0.2) is 51.4 Å². The highest BCUT2D eigenvalue weighted by Crippen LogP contribution is 2.48. The first-order valence-corrected chi connectivity index (χ1v) is 8.98. The summed E-state index contributed by atoms with van der Waals surface area (Å²) in [6.07, 6.45) is 0.978. The molecule has 0 aromatic rings. The van der Waals surface area contributed by atoms with Gasteiger partial charge in [0.1, 0.15) is 18.5 Å². The van der Waals surface area contributed by atoms with Crippen LogP contribution in [0.1, 0.15) is 40.0 Å². The molecule has 2 atom stereocenters. The van der Waals surface area contributed by atoms with Crippen molar-refractivity contribution in [3.05, 3.63) is 0 Å². The van der Waals surface area contributed by atoms with E-state index in [9.17, 15) is 14.2 Å². The van der Waals surface area contributed by atoms with Gasteiger partial charge in [0, 0.05) is 27.1 Å². The fourth-order valence-corrected chi connectivity index (χ4v) is 2.49. The van der Waals surface area contributed by atoms with Gasteiger partial charge in [-0.1, -0.05) is 6.92 Å². The van der Waals surface area contributed by atoms with Gasteiger partial charge >= 0.3 is 13.8 Å². The second-order valence-electron chi connectivity index (χ2n) is 4.86. The van der Waals surface area contributed by atoms with Crippen LogP contribution in [-0.2, 0) is 37.2 Å². The topological polar surface area (TPSA) is 97.4 Å². The van der Waals surface area contributed by atoms with Crippen molar-refractivity contribution in [3.63, 3.8) is 0 Å². The minimum Gasteiger partial charge on any atom is -0.463 e. The molecule has 0 spiro atoms. The van der Waals surface area contributed by atoms with Gasteiger partial charge in [0.25, 0.3) is 0 Å². The molecule has 0 aromatic heterocycles. The number of carbonyl (C=O) groups is 2. The smallest absolute Gasteiger partial charge is 0.463 e. The molecule has 1 unspecified atom stereocenters. The van der Waals surface area contributed by atoms with Gasteiger partial charge in [-0.25, -0.2) is 4.57 Å². The fourth-order valence-electron chi connectivity index (χ4n) is 1.45. The Kier molecular flexibility index (Phi) is 12.2. The second kappa shape index (κ2) is 12.6. The molecule has 0 radical (unpaired) electrons. The van der Waals surface area contributed by atoms with Gasteiger partial charge in [-0.05, 0) is 19.8 Å². The lowest BCUT2D eigenvalue weighted by atomic mass is 10.2. The van der Waals surface area contributed by atoms with Gasteiger partial charge in [0.15, 0.2) is 0 Å². The van der Waals surface area contributed by atoms with Crippen LogP contribution in [0.15, 0.2) is 0 Å². The monoisotopic (exact) mass is 354 g/mol. The van der Waals surface area contributed by atoms with Crippen LogP contribution in [0, 0.1) is 0 Å². The molecule has 0 fully saturated rings. The van der Waals surface area contributed by atoms with Crippen molar-refractivity contribution < 1.29 is 37.2 Å². The maximum atomic E-state index is 12.1. The molecule has 136 valence electrons. The molecule has 0 amide bonds. The van der Waals surface area contributed by atoms with Gasteiger partial charge in [-0.15, -0.1) is 0 Å². The van der Waals surface area contributed by atoms with E-state index in [0.29, 0.717) is 25.9 Å². The Morgan fingerprint density at radius 2 is 1.78 bits per heavy atom. The first-order valence-electron chi connectivity index (χ1n) is 7.52. The zero-order valence-corrected chi connectivity index (χ0v) is 15.1. The van der Waals surface area contributed by atoms with Crippen LogP contribution in [0.25, 0.3) is 0 Å². The quantitative estimate of drug-likeness (QED) is 0.267. The van der Waals surface area contributed by atoms with E-state index in [-0.39, 0.29) is 25.6 Å². The third-order valence-electron chi connectivity index (χ3n) is 2.59. The number of ether oxygens (including phenoxy) is 2. The number of phosphoric ester groups is 1. The summed E-state index contributed by atoms with van der Waals surface area (Å²) in [5.74, 6) is -0.391. The van der Waals surface area contributed by atoms with E-state index in [1.807, 2.05) is 6.92 Å². The highest BCUT2D eigenvalue weighted by Gasteiger charge is 2.27. The summed E-state index contributed by atoms with van der Waals surface area (Å²) in [4.78, 5) is 21.8. The molecule has 0 saturated carbocycles. The Hall–Kier alpha value is -0.790.